The number of nitriles is 1. The minimum Gasteiger partial charge on any atom is -0.197 e. The zero-order chi connectivity index (χ0) is 12.5. The summed E-state index contributed by atoms with van der Waals surface area (Å²) in [6, 6.07) is 11.3. The predicted octanol–water partition coefficient (Wildman–Crippen LogP) is 4.32. The minimum absolute atomic E-state index is 0.189. The number of rotatable bonds is 1. The Morgan fingerprint density at radius 3 is 2.00 bits per heavy atom. The second-order valence-electron chi connectivity index (χ2n) is 6.23. The molecule has 0 unspecified atom stereocenters. The molecular formula is C16H21N. The maximum atomic E-state index is 9.45. The van der Waals surface area contributed by atoms with Gasteiger partial charge in [0, 0.05) is 0 Å². The van der Waals surface area contributed by atoms with Gasteiger partial charge in [0.05, 0.1) is 11.5 Å². The van der Waals surface area contributed by atoms with E-state index in [9.17, 15) is 5.26 Å². The SMILES string of the molecule is CC(C)(C)c1ccc(C2(C#N)CCCC2)cc1. The number of hydrogen-bond donors (Lipinski definition) is 0. The van der Waals surface area contributed by atoms with E-state index >= 15 is 0 Å². The standard InChI is InChI=1S/C16H21N/c1-15(2,3)13-6-8-14(9-7-13)16(12-17)10-4-5-11-16/h6-9H,4-5,10-11H2,1-3H3. The maximum absolute atomic E-state index is 9.45. The zero-order valence-corrected chi connectivity index (χ0v) is 11.1. The Morgan fingerprint density at radius 2 is 1.59 bits per heavy atom. The summed E-state index contributed by atoms with van der Waals surface area (Å²) in [6.07, 6.45) is 4.43. The molecule has 90 valence electrons. The first-order chi connectivity index (χ1) is 7.98. The van der Waals surface area contributed by atoms with E-state index < -0.39 is 0 Å². The average molecular weight is 227 g/mol. The highest BCUT2D eigenvalue weighted by Gasteiger charge is 2.35. The van der Waals surface area contributed by atoms with E-state index in [0.29, 0.717) is 0 Å². The molecule has 0 heterocycles. The Labute approximate surface area is 104 Å². The van der Waals surface area contributed by atoms with Crippen molar-refractivity contribution in [3.63, 3.8) is 0 Å². The van der Waals surface area contributed by atoms with Gasteiger partial charge < -0.3 is 0 Å². The van der Waals surface area contributed by atoms with E-state index in [-0.39, 0.29) is 10.8 Å². The van der Waals surface area contributed by atoms with Gasteiger partial charge in [0.25, 0.3) is 0 Å². The summed E-state index contributed by atoms with van der Waals surface area (Å²) >= 11 is 0. The molecule has 1 aliphatic carbocycles. The van der Waals surface area contributed by atoms with Crippen LogP contribution in [0.15, 0.2) is 24.3 Å². The topological polar surface area (TPSA) is 23.8 Å². The van der Waals surface area contributed by atoms with E-state index in [1.165, 1.54) is 24.0 Å². The number of hydrogen-bond acceptors (Lipinski definition) is 1. The third-order valence-electron chi connectivity index (χ3n) is 3.97. The van der Waals surface area contributed by atoms with Crippen molar-refractivity contribution in [3.8, 4) is 6.07 Å². The highest BCUT2D eigenvalue weighted by Crippen LogP contribution is 2.40. The lowest BCUT2D eigenvalue weighted by atomic mass is 9.78. The molecule has 0 atom stereocenters. The largest absolute Gasteiger partial charge is 0.197 e. The first kappa shape index (κ1) is 12.2. The van der Waals surface area contributed by atoms with Crippen molar-refractivity contribution in [2.45, 2.75) is 57.3 Å². The molecule has 1 nitrogen and oxygen atoms in total. The molecule has 1 aromatic rings. The third kappa shape index (κ3) is 2.22. The monoisotopic (exact) mass is 227 g/mol. The fraction of sp³-hybridized carbons (Fsp3) is 0.562. The molecule has 0 aromatic heterocycles. The van der Waals surface area contributed by atoms with Crippen LogP contribution in [0.5, 0.6) is 0 Å². The van der Waals surface area contributed by atoms with Crippen molar-refractivity contribution < 1.29 is 0 Å². The molecule has 0 amide bonds. The van der Waals surface area contributed by atoms with Gasteiger partial charge in [-0.3, -0.25) is 0 Å². The van der Waals surface area contributed by atoms with Crippen molar-refractivity contribution in [1.29, 1.82) is 5.26 Å². The molecule has 0 aliphatic heterocycles. The number of nitrogens with zero attached hydrogens (tertiary/aromatic N) is 1. The summed E-state index contributed by atoms with van der Waals surface area (Å²) in [5.41, 5.74) is 2.54. The van der Waals surface area contributed by atoms with Crippen LogP contribution in [0.2, 0.25) is 0 Å². The molecule has 0 bridgehead atoms. The van der Waals surface area contributed by atoms with Crippen LogP contribution in [0.1, 0.15) is 57.6 Å². The summed E-state index contributed by atoms with van der Waals surface area (Å²) in [7, 11) is 0. The van der Waals surface area contributed by atoms with Crippen molar-refractivity contribution >= 4 is 0 Å². The van der Waals surface area contributed by atoms with Gasteiger partial charge in [0.2, 0.25) is 0 Å². The van der Waals surface area contributed by atoms with Crippen LogP contribution in [-0.2, 0) is 10.8 Å². The van der Waals surface area contributed by atoms with Crippen LogP contribution in [0.4, 0.5) is 0 Å². The van der Waals surface area contributed by atoms with Crippen molar-refractivity contribution in [1.82, 2.24) is 0 Å². The van der Waals surface area contributed by atoms with Gasteiger partial charge in [-0.25, -0.2) is 0 Å². The molecule has 0 saturated heterocycles. The fourth-order valence-corrected chi connectivity index (χ4v) is 2.73. The second kappa shape index (κ2) is 4.18. The van der Waals surface area contributed by atoms with Gasteiger partial charge in [0.1, 0.15) is 0 Å². The molecule has 17 heavy (non-hydrogen) atoms. The lowest BCUT2D eigenvalue weighted by Crippen LogP contribution is -2.20. The van der Waals surface area contributed by atoms with E-state index in [2.05, 4.69) is 51.1 Å². The normalized spacial score (nSPS) is 18.9. The average Bonchev–Trinajstić information content (AvgIpc) is 2.78. The highest BCUT2D eigenvalue weighted by molar-refractivity contribution is 5.37. The highest BCUT2D eigenvalue weighted by atomic mass is 14.4. The molecule has 1 fully saturated rings. The lowest BCUT2D eigenvalue weighted by Gasteiger charge is -2.23. The van der Waals surface area contributed by atoms with Crippen LogP contribution in [0.3, 0.4) is 0 Å². The third-order valence-corrected chi connectivity index (χ3v) is 3.97. The van der Waals surface area contributed by atoms with Gasteiger partial charge in [-0.2, -0.15) is 5.26 Å². The van der Waals surface area contributed by atoms with E-state index in [0.717, 1.165) is 12.8 Å². The number of benzene rings is 1. The predicted molar refractivity (Wildman–Crippen MR) is 70.9 cm³/mol. The Hall–Kier alpha value is -1.29. The Bertz CT molecular complexity index is 422. The van der Waals surface area contributed by atoms with Crippen molar-refractivity contribution in [2.75, 3.05) is 0 Å². The molecule has 1 saturated carbocycles. The van der Waals surface area contributed by atoms with Crippen LogP contribution in [0.25, 0.3) is 0 Å². The summed E-state index contributed by atoms with van der Waals surface area (Å²) in [4.78, 5) is 0. The molecule has 0 radical (unpaired) electrons. The molecule has 1 heteroatoms. The quantitative estimate of drug-likeness (QED) is 0.701. The van der Waals surface area contributed by atoms with E-state index in [4.69, 9.17) is 0 Å². The maximum Gasteiger partial charge on any atom is 0.0822 e. The van der Waals surface area contributed by atoms with Crippen molar-refractivity contribution in [2.24, 2.45) is 0 Å². The van der Waals surface area contributed by atoms with Gasteiger partial charge in [-0.1, -0.05) is 57.9 Å². The first-order valence-electron chi connectivity index (χ1n) is 6.50. The minimum atomic E-state index is -0.198. The summed E-state index contributed by atoms with van der Waals surface area (Å²) < 4.78 is 0. The Kier molecular flexibility index (Phi) is 3.00. The van der Waals surface area contributed by atoms with Crippen molar-refractivity contribution in [3.05, 3.63) is 35.4 Å². The van der Waals surface area contributed by atoms with E-state index in [1.54, 1.807) is 0 Å². The van der Waals surface area contributed by atoms with Crippen LogP contribution < -0.4 is 0 Å². The summed E-state index contributed by atoms with van der Waals surface area (Å²) in [5, 5.41) is 9.45. The lowest BCUT2D eigenvalue weighted by molar-refractivity contribution is 0.566. The Morgan fingerprint density at radius 1 is 1.06 bits per heavy atom. The van der Waals surface area contributed by atoms with Gasteiger partial charge in [-0.15, -0.1) is 0 Å². The molecular weight excluding hydrogens is 206 g/mol. The molecule has 0 N–H and O–H groups in total. The van der Waals surface area contributed by atoms with Crippen LogP contribution >= 0.6 is 0 Å². The molecule has 1 aliphatic rings. The smallest absolute Gasteiger partial charge is 0.0822 e. The molecule has 0 spiro atoms. The Balaban J connectivity index is 2.33. The fourth-order valence-electron chi connectivity index (χ4n) is 2.73. The van der Waals surface area contributed by atoms with Crippen LogP contribution in [-0.4, -0.2) is 0 Å². The second-order valence-corrected chi connectivity index (χ2v) is 6.23. The van der Waals surface area contributed by atoms with Gasteiger partial charge >= 0.3 is 0 Å². The summed E-state index contributed by atoms with van der Waals surface area (Å²) in [5.74, 6) is 0. The van der Waals surface area contributed by atoms with Gasteiger partial charge in [-0.05, 0) is 29.4 Å². The molecule has 1 aromatic carbocycles. The van der Waals surface area contributed by atoms with Gasteiger partial charge in [0.15, 0.2) is 0 Å². The zero-order valence-electron chi connectivity index (χ0n) is 11.1. The van der Waals surface area contributed by atoms with E-state index in [1.807, 2.05) is 0 Å². The summed E-state index contributed by atoms with van der Waals surface area (Å²) in [6.45, 7) is 6.66. The van der Waals surface area contributed by atoms with Crippen LogP contribution in [0, 0.1) is 11.3 Å². The molecule has 2 rings (SSSR count). The first-order valence-corrected chi connectivity index (χ1v) is 6.50.